The summed E-state index contributed by atoms with van der Waals surface area (Å²) in [5.41, 5.74) is 1.96. The molecule has 3 rings (SSSR count). The lowest BCUT2D eigenvalue weighted by Crippen LogP contribution is -2.23. The van der Waals surface area contributed by atoms with Crippen molar-refractivity contribution >= 4 is 28.5 Å². The van der Waals surface area contributed by atoms with Gasteiger partial charge in [0, 0.05) is 49.9 Å². The van der Waals surface area contributed by atoms with Crippen molar-refractivity contribution in [1.82, 2.24) is 15.3 Å². The standard InChI is InChI=1S/C17H20N4OS/c22-16(6-5-14-4-3-8-18-12-14)19-9-7-15-13-23-17(20-15)21-10-1-2-11-21/h3-6,8,12-13H,1-2,7,9-11H2,(H,19,22)/b6-5+. The van der Waals surface area contributed by atoms with Gasteiger partial charge in [-0.3, -0.25) is 9.78 Å². The molecule has 1 aliphatic rings. The van der Waals surface area contributed by atoms with E-state index in [1.807, 2.05) is 12.1 Å². The summed E-state index contributed by atoms with van der Waals surface area (Å²) < 4.78 is 0. The Kier molecular flexibility index (Phi) is 5.37. The topological polar surface area (TPSA) is 58.1 Å². The number of carbonyl (C=O) groups excluding carboxylic acids is 1. The van der Waals surface area contributed by atoms with Gasteiger partial charge in [-0.05, 0) is 30.5 Å². The van der Waals surface area contributed by atoms with Gasteiger partial charge in [-0.2, -0.15) is 0 Å². The maximum atomic E-state index is 11.8. The number of thiazole rings is 1. The Bertz CT molecular complexity index is 662. The van der Waals surface area contributed by atoms with Crippen molar-refractivity contribution in [1.29, 1.82) is 0 Å². The third-order valence-electron chi connectivity index (χ3n) is 3.71. The summed E-state index contributed by atoms with van der Waals surface area (Å²) in [6, 6.07) is 3.75. The van der Waals surface area contributed by atoms with Crippen LogP contribution in [0.5, 0.6) is 0 Å². The molecule has 1 fully saturated rings. The van der Waals surface area contributed by atoms with Gasteiger partial charge in [-0.25, -0.2) is 4.98 Å². The van der Waals surface area contributed by atoms with Crippen LogP contribution in [0.15, 0.2) is 36.0 Å². The van der Waals surface area contributed by atoms with Crippen LogP contribution >= 0.6 is 11.3 Å². The number of pyridine rings is 1. The molecule has 0 spiro atoms. The molecule has 0 unspecified atom stereocenters. The summed E-state index contributed by atoms with van der Waals surface area (Å²) in [6.45, 7) is 2.82. The Morgan fingerprint density at radius 1 is 1.39 bits per heavy atom. The molecule has 2 aromatic heterocycles. The van der Waals surface area contributed by atoms with E-state index in [-0.39, 0.29) is 5.91 Å². The molecule has 0 atom stereocenters. The lowest BCUT2D eigenvalue weighted by molar-refractivity contribution is -0.116. The van der Waals surface area contributed by atoms with Crippen molar-refractivity contribution < 1.29 is 4.79 Å². The van der Waals surface area contributed by atoms with E-state index in [2.05, 4.69) is 25.6 Å². The molecule has 2 aromatic rings. The van der Waals surface area contributed by atoms with Crippen LogP contribution in [0.1, 0.15) is 24.1 Å². The predicted molar refractivity (Wildman–Crippen MR) is 93.5 cm³/mol. The molecule has 0 radical (unpaired) electrons. The lowest BCUT2D eigenvalue weighted by Gasteiger charge is -2.12. The monoisotopic (exact) mass is 328 g/mol. The van der Waals surface area contributed by atoms with Crippen LogP contribution < -0.4 is 10.2 Å². The van der Waals surface area contributed by atoms with Crippen molar-refractivity contribution in [2.45, 2.75) is 19.3 Å². The summed E-state index contributed by atoms with van der Waals surface area (Å²) in [5, 5.41) is 6.09. The fourth-order valence-corrected chi connectivity index (χ4v) is 3.40. The van der Waals surface area contributed by atoms with E-state index in [0.29, 0.717) is 6.54 Å². The third-order valence-corrected chi connectivity index (χ3v) is 4.66. The van der Waals surface area contributed by atoms with E-state index in [0.717, 1.165) is 35.9 Å². The molecule has 3 heterocycles. The number of aromatic nitrogens is 2. The molecule has 23 heavy (non-hydrogen) atoms. The highest BCUT2D eigenvalue weighted by molar-refractivity contribution is 7.13. The van der Waals surface area contributed by atoms with E-state index < -0.39 is 0 Å². The highest BCUT2D eigenvalue weighted by Crippen LogP contribution is 2.24. The van der Waals surface area contributed by atoms with Crippen molar-refractivity contribution in [3.05, 3.63) is 47.2 Å². The second-order valence-electron chi connectivity index (χ2n) is 5.48. The number of amides is 1. The molecule has 1 saturated heterocycles. The second kappa shape index (κ2) is 7.87. The first-order valence-electron chi connectivity index (χ1n) is 7.86. The zero-order chi connectivity index (χ0) is 15.9. The first kappa shape index (κ1) is 15.7. The number of anilines is 1. The summed E-state index contributed by atoms with van der Waals surface area (Å²) in [6.07, 6.45) is 10.0. The summed E-state index contributed by atoms with van der Waals surface area (Å²) in [4.78, 5) is 22.8. The average Bonchev–Trinajstić information content (AvgIpc) is 3.25. The fourth-order valence-electron chi connectivity index (χ4n) is 2.48. The highest BCUT2D eigenvalue weighted by atomic mass is 32.1. The zero-order valence-electron chi connectivity index (χ0n) is 12.9. The number of rotatable bonds is 6. The molecule has 1 aliphatic heterocycles. The molecular formula is C17H20N4OS. The molecule has 0 saturated carbocycles. The maximum Gasteiger partial charge on any atom is 0.244 e. The Morgan fingerprint density at radius 2 is 2.26 bits per heavy atom. The Balaban J connectivity index is 1.42. The first-order chi connectivity index (χ1) is 11.3. The third kappa shape index (κ3) is 4.63. The molecule has 1 amide bonds. The Hall–Kier alpha value is -2.21. The summed E-state index contributed by atoms with van der Waals surface area (Å²) in [7, 11) is 0. The van der Waals surface area contributed by atoms with Crippen LogP contribution in [0.25, 0.3) is 6.08 Å². The van der Waals surface area contributed by atoms with Crippen LogP contribution in [0, 0.1) is 0 Å². The van der Waals surface area contributed by atoms with Crippen molar-refractivity contribution in [3.8, 4) is 0 Å². The molecule has 120 valence electrons. The molecule has 1 N–H and O–H groups in total. The van der Waals surface area contributed by atoms with E-state index in [9.17, 15) is 4.79 Å². The Morgan fingerprint density at radius 3 is 3.04 bits per heavy atom. The van der Waals surface area contributed by atoms with Gasteiger partial charge in [-0.1, -0.05) is 6.07 Å². The largest absolute Gasteiger partial charge is 0.352 e. The van der Waals surface area contributed by atoms with Crippen LogP contribution in [0.3, 0.4) is 0 Å². The molecule has 0 aliphatic carbocycles. The van der Waals surface area contributed by atoms with E-state index >= 15 is 0 Å². The van der Waals surface area contributed by atoms with E-state index in [4.69, 9.17) is 0 Å². The lowest BCUT2D eigenvalue weighted by atomic mass is 10.2. The molecule has 5 nitrogen and oxygen atoms in total. The zero-order valence-corrected chi connectivity index (χ0v) is 13.8. The van der Waals surface area contributed by atoms with Gasteiger partial charge in [0.25, 0.3) is 0 Å². The van der Waals surface area contributed by atoms with E-state index in [1.165, 1.54) is 18.9 Å². The van der Waals surface area contributed by atoms with Crippen LogP contribution in [-0.2, 0) is 11.2 Å². The predicted octanol–water partition coefficient (Wildman–Crippen LogP) is 2.51. The summed E-state index contributed by atoms with van der Waals surface area (Å²) >= 11 is 1.69. The Labute approximate surface area is 140 Å². The normalized spacial score (nSPS) is 14.5. The number of hydrogen-bond donors (Lipinski definition) is 1. The minimum Gasteiger partial charge on any atom is -0.352 e. The number of carbonyl (C=O) groups is 1. The van der Waals surface area contributed by atoms with Gasteiger partial charge in [0.2, 0.25) is 5.91 Å². The summed E-state index contributed by atoms with van der Waals surface area (Å²) in [5.74, 6) is -0.0937. The quantitative estimate of drug-likeness (QED) is 0.828. The minimum atomic E-state index is -0.0937. The van der Waals surface area contributed by atoms with Gasteiger partial charge < -0.3 is 10.2 Å². The van der Waals surface area contributed by atoms with E-state index in [1.54, 1.807) is 29.8 Å². The molecular weight excluding hydrogens is 308 g/mol. The number of hydrogen-bond acceptors (Lipinski definition) is 5. The average molecular weight is 328 g/mol. The van der Waals surface area contributed by atoms with Gasteiger partial charge in [0.05, 0.1) is 5.69 Å². The smallest absolute Gasteiger partial charge is 0.244 e. The SMILES string of the molecule is O=C(/C=C/c1cccnc1)NCCc1csc(N2CCCC2)n1. The van der Waals surface area contributed by atoms with Crippen LogP contribution in [-0.4, -0.2) is 35.5 Å². The van der Waals surface area contributed by atoms with Gasteiger partial charge in [0.1, 0.15) is 0 Å². The molecule has 0 bridgehead atoms. The second-order valence-corrected chi connectivity index (χ2v) is 6.31. The van der Waals surface area contributed by atoms with Crippen LogP contribution in [0.2, 0.25) is 0 Å². The minimum absolute atomic E-state index is 0.0937. The van der Waals surface area contributed by atoms with Crippen molar-refractivity contribution in [3.63, 3.8) is 0 Å². The van der Waals surface area contributed by atoms with Crippen molar-refractivity contribution in [2.24, 2.45) is 0 Å². The van der Waals surface area contributed by atoms with Gasteiger partial charge in [0.15, 0.2) is 5.13 Å². The van der Waals surface area contributed by atoms with Gasteiger partial charge in [-0.15, -0.1) is 11.3 Å². The van der Waals surface area contributed by atoms with Crippen molar-refractivity contribution in [2.75, 3.05) is 24.5 Å². The van der Waals surface area contributed by atoms with Crippen LogP contribution in [0.4, 0.5) is 5.13 Å². The highest BCUT2D eigenvalue weighted by Gasteiger charge is 2.15. The first-order valence-corrected chi connectivity index (χ1v) is 8.74. The maximum absolute atomic E-state index is 11.8. The molecule has 0 aromatic carbocycles. The molecule has 6 heteroatoms. The number of nitrogens with one attached hydrogen (secondary N) is 1. The number of nitrogens with zero attached hydrogens (tertiary/aromatic N) is 3. The van der Waals surface area contributed by atoms with Gasteiger partial charge >= 0.3 is 0 Å². The fraction of sp³-hybridized carbons (Fsp3) is 0.353.